The maximum absolute atomic E-state index is 13.4. The first kappa shape index (κ1) is 19.4. The smallest absolute Gasteiger partial charge is 0.338 e. The van der Waals surface area contributed by atoms with E-state index in [0.29, 0.717) is 16.9 Å². The van der Waals surface area contributed by atoms with Crippen LogP contribution in [-0.2, 0) is 9.53 Å². The lowest BCUT2D eigenvalue weighted by atomic mass is 9.99. The van der Waals surface area contributed by atoms with E-state index in [4.69, 9.17) is 11.3 Å². The van der Waals surface area contributed by atoms with Crippen molar-refractivity contribution in [1.29, 1.82) is 0 Å². The van der Waals surface area contributed by atoms with Crippen LogP contribution in [0.25, 0.3) is 4.85 Å². The van der Waals surface area contributed by atoms with Gasteiger partial charge in [-0.3, -0.25) is 4.79 Å². The van der Waals surface area contributed by atoms with Gasteiger partial charge < -0.3 is 14.5 Å². The van der Waals surface area contributed by atoms with Gasteiger partial charge in [-0.05, 0) is 44.7 Å². The molecule has 6 nitrogen and oxygen atoms in total. The summed E-state index contributed by atoms with van der Waals surface area (Å²) in [5, 5.41) is 3.05. The summed E-state index contributed by atoms with van der Waals surface area (Å²) >= 11 is 0. The van der Waals surface area contributed by atoms with Gasteiger partial charge in [0.15, 0.2) is 11.2 Å². The summed E-state index contributed by atoms with van der Waals surface area (Å²) in [6.07, 6.45) is 5.34. The number of methoxy groups -OCH3 is 1. The van der Waals surface area contributed by atoms with Gasteiger partial charge in [-0.25, -0.2) is 9.64 Å². The number of piperidine rings is 1. The summed E-state index contributed by atoms with van der Waals surface area (Å²) in [5.74, 6) is -0.545. The fourth-order valence-electron chi connectivity index (χ4n) is 4.70. The van der Waals surface area contributed by atoms with Crippen LogP contribution in [0.1, 0.15) is 54.9 Å². The molecule has 0 spiro atoms. The number of quaternary nitrogens is 1. The number of nitrogens with zero attached hydrogens (tertiary/aromatic N) is 2. The third-order valence-corrected chi connectivity index (χ3v) is 6.43. The van der Waals surface area contributed by atoms with Crippen LogP contribution in [0.15, 0.2) is 12.1 Å². The Morgan fingerprint density at radius 3 is 2.44 bits per heavy atom. The highest BCUT2D eigenvalue weighted by atomic mass is 16.5. The Hall–Kier alpha value is -2.39. The van der Waals surface area contributed by atoms with E-state index in [0.717, 1.165) is 49.8 Å². The van der Waals surface area contributed by atoms with Crippen LogP contribution in [0.5, 0.6) is 0 Å². The summed E-state index contributed by atoms with van der Waals surface area (Å²) < 4.78 is 5.73. The van der Waals surface area contributed by atoms with Crippen LogP contribution in [-0.4, -0.2) is 48.6 Å². The largest absolute Gasteiger partial charge is 0.465 e. The van der Waals surface area contributed by atoms with Gasteiger partial charge in [0.05, 0.1) is 44.6 Å². The Bertz CT molecular complexity index is 800. The molecule has 144 valence electrons. The third kappa shape index (κ3) is 3.21. The lowest BCUT2D eigenvalue weighted by Gasteiger charge is -2.46. The van der Waals surface area contributed by atoms with E-state index < -0.39 is 5.97 Å². The number of carbonyl (C=O) groups is 2. The number of likely N-dealkylation sites (N-methyl/N-ethyl adjacent to an activating group) is 1. The molecule has 0 aromatic heterocycles. The number of rotatable bonds is 5. The number of hydrogen-bond acceptors (Lipinski definition) is 3. The Kier molecular flexibility index (Phi) is 5.25. The zero-order chi connectivity index (χ0) is 19.7. The Balaban J connectivity index is 1.94. The van der Waals surface area contributed by atoms with Crippen molar-refractivity contribution < 1.29 is 18.8 Å². The van der Waals surface area contributed by atoms with Gasteiger partial charge in [-0.15, -0.1) is 0 Å². The van der Waals surface area contributed by atoms with Gasteiger partial charge in [0.1, 0.15) is 0 Å². The third-order valence-electron chi connectivity index (χ3n) is 6.43. The number of likely N-dealkylation sites (tertiary alicyclic amines) is 1. The van der Waals surface area contributed by atoms with Crippen molar-refractivity contribution in [3.05, 3.63) is 34.7 Å². The van der Waals surface area contributed by atoms with Crippen molar-refractivity contribution in [2.45, 2.75) is 51.5 Å². The second kappa shape index (κ2) is 7.32. The standard InChI is InChI=1S/C21H27N3O3/c1-5-24(11-7-6-8-12-24)21(9-10-21)20(26)23-18-15(2)13-16(22-3)14-17(18)19(25)27-4/h13-14H,5-12H2,1-2,4H3/p+1. The van der Waals surface area contributed by atoms with Crippen LogP contribution in [0.2, 0.25) is 0 Å². The van der Waals surface area contributed by atoms with Crippen molar-refractivity contribution >= 4 is 23.3 Å². The number of amides is 1. The lowest BCUT2D eigenvalue weighted by Crippen LogP contribution is -2.64. The number of anilines is 1. The molecular formula is C21H28N3O3+. The number of benzene rings is 1. The Morgan fingerprint density at radius 2 is 1.93 bits per heavy atom. The molecule has 2 fully saturated rings. The molecule has 1 saturated carbocycles. The van der Waals surface area contributed by atoms with Crippen molar-refractivity contribution in [3.63, 3.8) is 0 Å². The number of hydrogen-bond donors (Lipinski definition) is 1. The van der Waals surface area contributed by atoms with Crippen LogP contribution < -0.4 is 5.32 Å². The molecule has 1 saturated heterocycles. The van der Waals surface area contributed by atoms with E-state index in [9.17, 15) is 9.59 Å². The molecule has 0 atom stereocenters. The number of ether oxygens (including phenoxy) is 1. The number of aryl methyl sites for hydroxylation is 1. The van der Waals surface area contributed by atoms with Gasteiger partial charge in [-0.2, -0.15) is 0 Å². The number of esters is 1. The predicted molar refractivity (Wildman–Crippen MR) is 104 cm³/mol. The molecule has 2 aliphatic rings. The normalized spacial score (nSPS) is 19.6. The summed E-state index contributed by atoms with van der Waals surface area (Å²) in [5.41, 5.74) is 1.40. The zero-order valence-electron chi connectivity index (χ0n) is 16.4. The monoisotopic (exact) mass is 370 g/mol. The second-order valence-corrected chi connectivity index (χ2v) is 7.74. The minimum atomic E-state index is -0.541. The maximum atomic E-state index is 13.4. The van der Waals surface area contributed by atoms with Crippen LogP contribution >= 0.6 is 0 Å². The van der Waals surface area contributed by atoms with E-state index in [1.165, 1.54) is 19.6 Å². The average Bonchev–Trinajstić information content (AvgIpc) is 3.51. The van der Waals surface area contributed by atoms with E-state index in [1.54, 1.807) is 13.0 Å². The van der Waals surface area contributed by atoms with E-state index in [2.05, 4.69) is 17.1 Å². The molecule has 3 rings (SSSR count). The molecule has 1 heterocycles. The first-order valence-electron chi connectivity index (χ1n) is 9.71. The number of nitrogens with one attached hydrogen (secondary N) is 1. The topological polar surface area (TPSA) is 59.8 Å². The Morgan fingerprint density at radius 1 is 1.26 bits per heavy atom. The molecule has 1 aliphatic carbocycles. The summed E-state index contributed by atoms with van der Waals surface area (Å²) in [7, 11) is 1.31. The average molecular weight is 370 g/mol. The van der Waals surface area contributed by atoms with Crippen molar-refractivity contribution in [3.8, 4) is 0 Å². The predicted octanol–water partition coefficient (Wildman–Crippen LogP) is 3.82. The highest BCUT2D eigenvalue weighted by Crippen LogP contribution is 2.49. The van der Waals surface area contributed by atoms with E-state index in [1.807, 2.05) is 0 Å². The minimum Gasteiger partial charge on any atom is -0.465 e. The molecule has 6 heteroatoms. The maximum Gasteiger partial charge on any atom is 0.338 e. The molecule has 0 unspecified atom stereocenters. The molecular weight excluding hydrogens is 342 g/mol. The van der Waals surface area contributed by atoms with Crippen molar-refractivity contribution in [1.82, 2.24) is 0 Å². The number of carbonyl (C=O) groups excluding carboxylic acids is 2. The fraction of sp³-hybridized carbons (Fsp3) is 0.571. The van der Waals surface area contributed by atoms with Gasteiger partial charge in [0.25, 0.3) is 5.91 Å². The minimum absolute atomic E-state index is 0.00457. The first-order valence-corrected chi connectivity index (χ1v) is 9.71. The van der Waals surface area contributed by atoms with Gasteiger partial charge in [0, 0.05) is 12.8 Å². The summed E-state index contributed by atoms with van der Waals surface area (Å²) in [6.45, 7) is 14.2. The van der Waals surface area contributed by atoms with E-state index in [-0.39, 0.29) is 17.0 Å². The highest BCUT2D eigenvalue weighted by Gasteiger charge is 2.65. The first-order chi connectivity index (χ1) is 12.9. The summed E-state index contributed by atoms with van der Waals surface area (Å²) in [6, 6.07) is 3.19. The molecule has 1 aromatic carbocycles. The quantitative estimate of drug-likeness (QED) is 0.487. The van der Waals surface area contributed by atoms with Crippen molar-refractivity contribution in [2.24, 2.45) is 0 Å². The second-order valence-electron chi connectivity index (χ2n) is 7.74. The molecule has 1 aromatic rings. The Labute approximate surface area is 160 Å². The highest BCUT2D eigenvalue weighted by molar-refractivity contribution is 6.06. The summed E-state index contributed by atoms with van der Waals surface area (Å²) in [4.78, 5) is 29.0. The molecule has 0 bridgehead atoms. The van der Waals surface area contributed by atoms with Gasteiger partial charge >= 0.3 is 5.97 Å². The molecule has 1 amide bonds. The van der Waals surface area contributed by atoms with Crippen LogP contribution in [0, 0.1) is 13.5 Å². The SMILES string of the molecule is [C-]#[N+]c1cc(C)c(NC(=O)C2([N+]3(CC)CCCCC3)CC2)c(C(=O)OC)c1. The van der Waals surface area contributed by atoms with Gasteiger partial charge in [-0.1, -0.05) is 6.07 Å². The van der Waals surface area contributed by atoms with Crippen molar-refractivity contribution in [2.75, 3.05) is 32.1 Å². The molecule has 1 N–H and O–H groups in total. The van der Waals surface area contributed by atoms with E-state index >= 15 is 0 Å². The lowest BCUT2D eigenvalue weighted by molar-refractivity contribution is -0.955. The van der Waals surface area contributed by atoms with Crippen LogP contribution in [0.4, 0.5) is 11.4 Å². The van der Waals surface area contributed by atoms with Crippen LogP contribution in [0.3, 0.4) is 0 Å². The molecule has 27 heavy (non-hydrogen) atoms. The zero-order valence-corrected chi connectivity index (χ0v) is 16.4. The molecule has 0 radical (unpaired) electrons. The molecule has 1 aliphatic heterocycles. The fourth-order valence-corrected chi connectivity index (χ4v) is 4.70. The van der Waals surface area contributed by atoms with Gasteiger partial charge in [0.2, 0.25) is 0 Å².